The second-order valence-corrected chi connectivity index (χ2v) is 5.96. The third-order valence-electron chi connectivity index (χ3n) is 4.14. The summed E-state index contributed by atoms with van der Waals surface area (Å²) in [6.45, 7) is 2.72. The average molecular weight is 314 g/mol. The molecule has 1 unspecified atom stereocenters. The van der Waals surface area contributed by atoms with Crippen LogP contribution in [0.25, 0.3) is 0 Å². The van der Waals surface area contributed by atoms with Crippen LogP contribution in [-0.2, 0) is 6.54 Å². The lowest BCUT2D eigenvalue weighted by atomic mass is 10.0. The van der Waals surface area contributed by atoms with Crippen molar-refractivity contribution in [2.24, 2.45) is 5.92 Å². The van der Waals surface area contributed by atoms with Gasteiger partial charge in [0.05, 0.1) is 6.20 Å². The highest BCUT2D eigenvalue weighted by molar-refractivity contribution is 5.91. The minimum Gasteiger partial charge on any atom is -0.350 e. The number of nitrogens with zero attached hydrogens (tertiary/aromatic N) is 3. The van der Waals surface area contributed by atoms with Crippen molar-refractivity contribution in [1.29, 1.82) is 0 Å². The van der Waals surface area contributed by atoms with Crippen molar-refractivity contribution < 1.29 is 4.79 Å². The molecule has 2 aliphatic rings. The molecular formula is C14H24ClN5O. The third-order valence-corrected chi connectivity index (χ3v) is 4.14. The van der Waals surface area contributed by atoms with Crippen LogP contribution >= 0.6 is 12.4 Å². The Kier molecular flexibility index (Phi) is 5.99. The highest BCUT2D eigenvalue weighted by atomic mass is 35.5. The highest BCUT2D eigenvalue weighted by Gasteiger charge is 2.22. The van der Waals surface area contributed by atoms with Gasteiger partial charge in [0.1, 0.15) is 0 Å². The van der Waals surface area contributed by atoms with Crippen LogP contribution in [0.4, 0.5) is 0 Å². The number of hydrogen-bond donors (Lipinski definition) is 2. The minimum atomic E-state index is -0.0982. The number of amides is 1. The van der Waals surface area contributed by atoms with Crippen LogP contribution in [0.3, 0.4) is 0 Å². The maximum absolute atomic E-state index is 11.9. The molecule has 1 saturated heterocycles. The number of piperidine rings is 1. The summed E-state index contributed by atoms with van der Waals surface area (Å²) in [6.07, 6.45) is 9.11. The van der Waals surface area contributed by atoms with E-state index < -0.39 is 0 Å². The maximum atomic E-state index is 11.9. The van der Waals surface area contributed by atoms with E-state index in [0.717, 1.165) is 26.1 Å². The molecule has 6 nitrogen and oxygen atoms in total. The molecular weight excluding hydrogens is 290 g/mol. The molecule has 1 aromatic heterocycles. The van der Waals surface area contributed by atoms with E-state index >= 15 is 0 Å². The maximum Gasteiger partial charge on any atom is 0.273 e. The molecule has 2 heterocycles. The molecule has 1 amide bonds. The number of carbonyl (C=O) groups excluding carboxylic acids is 1. The summed E-state index contributed by atoms with van der Waals surface area (Å²) in [7, 11) is 0. The number of hydrogen-bond acceptors (Lipinski definition) is 4. The van der Waals surface area contributed by atoms with E-state index in [1.807, 2.05) is 0 Å². The zero-order valence-electron chi connectivity index (χ0n) is 12.3. The quantitative estimate of drug-likeness (QED) is 0.832. The second kappa shape index (κ2) is 7.75. The zero-order chi connectivity index (χ0) is 13.8. The molecule has 118 valence electrons. The lowest BCUT2D eigenvalue weighted by molar-refractivity contribution is 0.0946. The van der Waals surface area contributed by atoms with Gasteiger partial charge in [0.2, 0.25) is 0 Å². The lowest BCUT2D eigenvalue weighted by Gasteiger charge is -2.23. The molecule has 21 heavy (non-hydrogen) atoms. The molecule has 1 saturated carbocycles. The molecule has 1 atom stereocenters. The number of aryl methyl sites for hydroxylation is 1. The molecule has 7 heteroatoms. The van der Waals surface area contributed by atoms with Gasteiger partial charge in [-0.3, -0.25) is 9.48 Å². The van der Waals surface area contributed by atoms with Crippen LogP contribution < -0.4 is 10.6 Å². The first-order valence-corrected chi connectivity index (χ1v) is 7.73. The van der Waals surface area contributed by atoms with E-state index in [1.54, 1.807) is 10.9 Å². The summed E-state index contributed by atoms with van der Waals surface area (Å²) >= 11 is 0. The monoisotopic (exact) mass is 313 g/mol. The number of aromatic nitrogens is 3. The molecule has 0 bridgehead atoms. The van der Waals surface area contributed by atoms with E-state index in [1.165, 1.54) is 32.1 Å². The molecule has 3 rings (SSSR count). The Bertz CT molecular complexity index is 454. The number of halogens is 1. The smallest absolute Gasteiger partial charge is 0.273 e. The van der Waals surface area contributed by atoms with E-state index in [4.69, 9.17) is 0 Å². The van der Waals surface area contributed by atoms with E-state index in [9.17, 15) is 4.79 Å². The first kappa shape index (κ1) is 16.2. The van der Waals surface area contributed by atoms with Gasteiger partial charge in [-0.1, -0.05) is 11.6 Å². The van der Waals surface area contributed by atoms with Gasteiger partial charge in [-0.2, -0.15) is 0 Å². The average Bonchev–Trinajstić information content (AvgIpc) is 3.20. The van der Waals surface area contributed by atoms with Crippen molar-refractivity contribution in [1.82, 2.24) is 25.6 Å². The Morgan fingerprint density at radius 3 is 2.95 bits per heavy atom. The normalized spacial score (nSPS) is 21.6. The first-order valence-electron chi connectivity index (χ1n) is 7.73. The van der Waals surface area contributed by atoms with Gasteiger partial charge in [-0.05, 0) is 44.6 Å². The lowest BCUT2D eigenvalue weighted by Crippen LogP contribution is -2.34. The predicted molar refractivity (Wildman–Crippen MR) is 82.6 cm³/mol. The zero-order valence-corrected chi connectivity index (χ0v) is 13.1. The molecule has 1 aromatic rings. The summed E-state index contributed by atoms with van der Waals surface area (Å²) in [6, 6.07) is 0.583. The Balaban J connectivity index is 0.00000161. The van der Waals surface area contributed by atoms with Gasteiger partial charge in [0.15, 0.2) is 5.69 Å². The summed E-state index contributed by atoms with van der Waals surface area (Å²) in [5.41, 5.74) is 0.433. The fourth-order valence-corrected chi connectivity index (χ4v) is 2.62. The van der Waals surface area contributed by atoms with Crippen molar-refractivity contribution in [2.75, 3.05) is 13.1 Å². The van der Waals surface area contributed by atoms with Crippen molar-refractivity contribution in [3.05, 3.63) is 11.9 Å². The number of carbonyl (C=O) groups is 1. The number of rotatable bonds is 6. The third kappa shape index (κ3) is 4.97. The SMILES string of the molecule is Cl.O=C(NCC1CC1)c1cn(CCC2CCCCN2)nn1. The molecule has 0 spiro atoms. The van der Waals surface area contributed by atoms with E-state index in [2.05, 4.69) is 20.9 Å². The van der Waals surface area contributed by atoms with E-state index in [0.29, 0.717) is 17.7 Å². The van der Waals surface area contributed by atoms with E-state index in [-0.39, 0.29) is 18.3 Å². The van der Waals surface area contributed by atoms with Crippen molar-refractivity contribution in [2.45, 2.75) is 51.1 Å². The Labute approximate surface area is 131 Å². The topological polar surface area (TPSA) is 71.8 Å². The van der Waals surface area contributed by atoms with Gasteiger partial charge in [0.25, 0.3) is 5.91 Å². The Hall–Kier alpha value is -1.14. The molecule has 2 fully saturated rings. The largest absolute Gasteiger partial charge is 0.350 e. The van der Waals surface area contributed by atoms with Gasteiger partial charge >= 0.3 is 0 Å². The Morgan fingerprint density at radius 2 is 2.24 bits per heavy atom. The molecule has 0 aromatic carbocycles. The van der Waals surface area contributed by atoms with Gasteiger partial charge in [-0.25, -0.2) is 0 Å². The van der Waals surface area contributed by atoms with Crippen molar-refractivity contribution >= 4 is 18.3 Å². The van der Waals surface area contributed by atoms with Crippen LogP contribution in [0, 0.1) is 5.92 Å². The summed E-state index contributed by atoms with van der Waals surface area (Å²) in [5.74, 6) is 0.588. The van der Waals surface area contributed by atoms with Crippen LogP contribution in [0.2, 0.25) is 0 Å². The molecule has 1 aliphatic carbocycles. The fourth-order valence-electron chi connectivity index (χ4n) is 2.62. The minimum absolute atomic E-state index is 0. The fraction of sp³-hybridized carbons (Fsp3) is 0.786. The van der Waals surface area contributed by atoms with Crippen LogP contribution in [0.5, 0.6) is 0 Å². The van der Waals surface area contributed by atoms with Gasteiger partial charge in [0, 0.05) is 19.1 Å². The Morgan fingerprint density at radius 1 is 1.38 bits per heavy atom. The van der Waals surface area contributed by atoms with Gasteiger partial charge in [-0.15, -0.1) is 17.5 Å². The highest BCUT2D eigenvalue weighted by Crippen LogP contribution is 2.27. The van der Waals surface area contributed by atoms with Gasteiger partial charge < -0.3 is 10.6 Å². The van der Waals surface area contributed by atoms with Crippen LogP contribution in [-0.4, -0.2) is 40.0 Å². The molecule has 0 radical (unpaired) electrons. The number of nitrogens with one attached hydrogen (secondary N) is 2. The summed E-state index contributed by atoms with van der Waals surface area (Å²) < 4.78 is 1.78. The van der Waals surface area contributed by atoms with Crippen molar-refractivity contribution in [3.8, 4) is 0 Å². The van der Waals surface area contributed by atoms with Crippen molar-refractivity contribution in [3.63, 3.8) is 0 Å². The summed E-state index contributed by atoms with van der Waals surface area (Å²) in [4.78, 5) is 11.9. The van der Waals surface area contributed by atoms with Crippen LogP contribution in [0.1, 0.15) is 49.0 Å². The van der Waals surface area contributed by atoms with Crippen LogP contribution in [0.15, 0.2) is 6.20 Å². The summed E-state index contributed by atoms with van der Waals surface area (Å²) in [5, 5.41) is 14.4. The standard InChI is InChI=1S/C14H23N5O.ClH/c20-14(16-9-11-4-5-11)13-10-19(18-17-13)8-6-12-3-1-2-7-15-12;/h10-12,15H,1-9H2,(H,16,20);1H. The first-order chi connectivity index (χ1) is 9.81. The predicted octanol–water partition coefficient (Wildman–Crippen LogP) is 1.37. The second-order valence-electron chi connectivity index (χ2n) is 5.96. The molecule has 2 N–H and O–H groups in total. The molecule has 1 aliphatic heterocycles.